The van der Waals surface area contributed by atoms with Crippen LogP contribution >= 0.6 is 0 Å². The first-order valence-electron chi connectivity index (χ1n) is 13.4. The summed E-state index contributed by atoms with van der Waals surface area (Å²) in [5.74, 6) is 4.61. The van der Waals surface area contributed by atoms with Crippen molar-refractivity contribution in [2.24, 2.45) is 51.8 Å². The molecule has 31 heavy (non-hydrogen) atoms. The molecule has 0 amide bonds. The second-order valence-corrected chi connectivity index (χ2v) is 13.4. The van der Waals surface area contributed by atoms with Crippen LogP contribution in [0.5, 0.6) is 0 Å². The van der Waals surface area contributed by atoms with Crippen molar-refractivity contribution in [3.8, 4) is 0 Å². The lowest BCUT2D eigenvalue weighted by atomic mass is 9.45. The molecule has 11 atom stereocenters. The van der Waals surface area contributed by atoms with Gasteiger partial charge in [0.15, 0.2) is 0 Å². The Labute approximate surface area is 191 Å². The van der Waals surface area contributed by atoms with Crippen molar-refractivity contribution >= 4 is 0 Å². The van der Waals surface area contributed by atoms with Gasteiger partial charge in [-0.05, 0) is 125 Å². The molecule has 5 saturated carbocycles. The van der Waals surface area contributed by atoms with Crippen LogP contribution in [0.4, 0.5) is 0 Å². The second-order valence-electron chi connectivity index (χ2n) is 13.4. The van der Waals surface area contributed by atoms with Crippen molar-refractivity contribution < 1.29 is 9.84 Å². The van der Waals surface area contributed by atoms with Crippen molar-refractivity contribution in [3.63, 3.8) is 0 Å². The first-order chi connectivity index (χ1) is 14.6. The lowest BCUT2D eigenvalue weighted by Crippen LogP contribution is -2.57. The Kier molecular flexibility index (Phi) is 5.31. The third kappa shape index (κ3) is 2.89. The van der Waals surface area contributed by atoms with E-state index in [4.69, 9.17) is 4.74 Å². The van der Waals surface area contributed by atoms with E-state index in [0.717, 1.165) is 30.1 Å². The first-order valence-corrected chi connectivity index (χ1v) is 13.4. The topological polar surface area (TPSA) is 29.5 Å². The Morgan fingerprint density at radius 3 is 2.42 bits per heavy atom. The second kappa shape index (κ2) is 7.33. The van der Waals surface area contributed by atoms with Gasteiger partial charge in [0.25, 0.3) is 0 Å². The number of hydrogen-bond donors (Lipinski definition) is 1. The summed E-state index contributed by atoms with van der Waals surface area (Å²) >= 11 is 0. The number of hydrogen-bond acceptors (Lipinski definition) is 2. The molecular formula is C29H48O2. The van der Waals surface area contributed by atoms with Crippen LogP contribution in [0.1, 0.15) is 99.3 Å². The zero-order valence-electron chi connectivity index (χ0n) is 21.3. The van der Waals surface area contributed by atoms with Crippen LogP contribution in [0, 0.1) is 51.8 Å². The molecule has 0 aromatic heterocycles. The van der Waals surface area contributed by atoms with E-state index in [0.29, 0.717) is 34.2 Å². The minimum atomic E-state index is -0.200. The Bertz CT molecular complexity index is 752. The minimum Gasteiger partial charge on any atom is -0.393 e. The molecule has 5 aliphatic rings. The number of ether oxygens (including phenoxy) is 1. The SMILES string of the molecule is CO[C@@H]1C[C@H]2[C@@H]3CC[C@H]([C@H](C)C(O)CC(C)=C(C)C)[C@@]3(C)CC[C@@H]2[C@@]2(C)CC[C@H]3C[C@]312. The van der Waals surface area contributed by atoms with E-state index in [1.807, 2.05) is 7.11 Å². The fourth-order valence-electron chi connectivity index (χ4n) is 10.5. The van der Waals surface area contributed by atoms with Crippen LogP contribution < -0.4 is 0 Å². The normalized spacial score (nSPS) is 51.9. The molecule has 5 aliphatic carbocycles. The van der Waals surface area contributed by atoms with Crippen LogP contribution in [-0.2, 0) is 4.74 Å². The summed E-state index contributed by atoms with van der Waals surface area (Å²) in [6, 6.07) is 0. The average molecular weight is 429 g/mol. The summed E-state index contributed by atoms with van der Waals surface area (Å²) < 4.78 is 6.28. The maximum Gasteiger partial charge on any atom is 0.0638 e. The lowest BCUT2D eigenvalue weighted by Gasteiger charge is -2.61. The molecule has 0 aromatic rings. The molecule has 0 bridgehead atoms. The molecule has 1 unspecified atom stereocenters. The van der Waals surface area contributed by atoms with Gasteiger partial charge in [0.2, 0.25) is 0 Å². The molecule has 0 aromatic carbocycles. The van der Waals surface area contributed by atoms with Gasteiger partial charge in [-0.3, -0.25) is 0 Å². The zero-order chi connectivity index (χ0) is 22.3. The monoisotopic (exact) mass is 428 g/mol. The van der Waals surface area contributed by atoms with Crippen molar-refractivity contribution in [3.05, 3.63) is 11.1 Å². The van der Waals surface area contributed by atoms with Gasteiger partial charge < -0.3 is 9.84 Å². The highest BCUT2D eigenvalue weighted by Crippen LogP contribution is 2.82. The molecule has 176 valence electrons. The van der Waals surface area contributed by atoms with Crippen LogP contribution in [0.15, 0.2) is 11.1 Å². The number of aliphatic hydroxyl groups is 1. The van der Waals surface area contributed by atoms with Gasteiger partial charge in [0.05, 0.1) is 12.2 Å². The van der Waals surface area contributed by atoms with Gasteiger partial charge in [-0.2, -0.15) is 0 Å². The van der Waals surface area contributed by atoms with Crippen LogP contribution in [0.25, 0.3) is 0 Å². The van der Waals surface area contributed by atoms with E-state index in [1.54, 1.807) is 0 Å². The molecule has 1 spiro atoms. The number of rotatable bonds is 5. The Morgan fingerprint density at radius 2 is 1.77 bits per heavy atom. The third-order valence-corrected chi connectivity index (χ3v) is 12.5. The van der Waals surface area contributed by atoms with E-state index in [9.17, 15) is 5.11 Å². The Morgan fingerprint density at radius 1 is 1.03 bits per heavy atom. The van der Waals surface area contributed by atoms with Crippen molar-refractivity contribution in [2.75, 3.05) is 7.11 Å². The number of aliphatic hydroxyl groups excluding tert-OH is 1. The van der Waals surface area contributed by atoms with Gasteiger partial charge in [-0.1, -0.05) is 31.9 Å². The summed E-state index contributed by atoms with van der Waals surface area (Å²) in [6.07, 6.45) is 12.3. The number of fused-ring (bicyclic) bond motifs is 4. The molecule has 1 N–H and O–H groups in total. The van der Waals surface area contributed by atoms with Crippen molar-refractivity contribution in [1.82, 2.24) is 0 Å². The van der Waals surface area contributed by atoms with Crippen LogP contribution in [-0.4, -0.2) is 24.4 Å². The van der Waals surface area contributed by atoms with Gasteiger partial charge in [-0.15, -0.1) is 0 Å². The molecule has 5 rings (SSSR count). The molecule has 0 radical (unpaired) electrons. The highest BCUT2D eigenvalue weighted by Gasteiger charge is 2.77. The summed E-state index contributed by atoms with van der Waals surface area (Å²) in [5, 5.41) is 11.2. The van der Waals surface area contributed by atoms with E-state index >= 15 is 0 Å². The average Bonchev–Trinajstić information content (AvgIpc) is 3.24. The van der Waals surface area contributed by atoms with Crippen molar-refractivity contribution in [1.29, 1.82) is 0 Å². The van der Waals surface area contributed by atoms with Gasteiger partial charge in [0.1, 0.15) is 0 Å². The van der Waals surface area contributed by atoms with Gasteiger partial charge in [-0.25, -0.2) is 0 Å². The summed E-state index contributed by atoms with van der Waals surface area (Å²) in [4.78, 5) is 0. The summed E-state index contributed by atoms with van der Waals surface area (Å²) in [5.41, 5.74) is 4.19. The van der Waals surface area contributed by atoms with E-state index in [1.165, 1.54) is 62.5 Å². The molecule has 2 nitrogen and oxygen atoms in total. The molecule has 0 aliphatic heterocycles. The highest BCUT2D eigenvalue weighted by atomic mass is 16.5. The van der Waals surface area contributed by atoms with Crippen LogP contribution in [0.3, 0.4) is 0 Å². The Balaban J connectivity index is 1.38. The maximum atomic E-state index is 11.2. The van der Waals surface area contributed by atoms with Gasteiger partial charge in [0, 0.05) is 12.5 Å². The predicted molar refractivity (Wildman–Crippen MR) is 128 cm³/mol. The number of allylic oxidation sites excluding steroid dienone is 1. The third-order valence-electron chi connectivity index (χ3n) is 12.5. The van der Waals surface area contributed by atoms with E-state index < -0.39 is 0 Å². The molecule has 2 heteroatoms. The quantitative estimate of drug-likeness (QED) is 0.477. The highest BCUT2D eigenvalue weighted by molar-refractivity contribution is 5.26. The lowest BCUT2D eigenvalue weighted by molar-refractivity contribution is -0.162. The first kappa shape index (κ1) is 22.5. The zero-order valence-corrected chi connectivity index (χ0v) is 21.3. The minimum absolute atomic E-state index is 0.200. The summed E-state index contributed by atoms with van der Waals surface area (Å²) in [6.45, 7) is 14.2. The van der Waals surface area contributed by atoms with Crippen LogP contribution in [0.2, 0.25) is 0 Å². The molecule has 0 heterocycles. The Hall–Kier alpha value is -0.340. The predicted octanol–water partition coefficient (Wildman–Crippen LogP) is 7.01. The molecule has 0 saturated heterocycles. The summed E-state index contributed by atoms with van der Waals surface area (Å²) in [7, 11) is 2.00. The molecule has 5 fully saturated rings. The van der Waals surface area contributed by atoms with Crippen molar-refractivity contribution in [2.45, 2.75) is 112 Å². The fraction of sp³-hybridized carbons (Fsp3) is 0.931. The van der Waals surface area contributed by atoms with Gasteiger partial charge >= 0.3 is 0 Å². The fourth-order valence-corrected chi connectivity index (χ4v) is 10.5. The maximum absolute atomic E-state index is 11.2. The largest absolute Gasteiger partial charge is 0.393 e. The smallest absolute Gasteiger partial charge is 0.0638 e. The number of methoxy groups -OCH3 is 1. The van der Waals surface area contributed by atoms with E-state index in [2.05, 4.69) is 41.5 Å². The van der Waals surface area contributed by atoms with E-state index in [-0.39, 0.29) is 6.10 Å². The standard InChI is InChI=1S/C29H48O2/c1-17(2)18(3)14-25(30)19(4)22-8-9-23-21-15-26(31-7)29-16-20(29)10-13-28(29,6)24(21)11-12-27(22,23)5/h19-26,30H,8-16H2,1-7H3/t19-,20-,21-,22+,23-,24-,25?,26+,27+,28+,29-/m0/s1. The molecular weight excluding hydrogens is 380 g/mol.